The normalized spacial score (nSPS) is 20.3. The Morgan fingerprint density at radius 2 is 1.84 bits per heavy atom. The van der Waals surface area contributed by atoms with Crippen molar-refractivity contribution in [2.24, 2.45) is 11.1 Å². The predicted octanol–water partition coefficient (Wildman–Crippen LogP) is 1.66. The van der Waals surface area contributed by atoms with Crippen LogP contribution in [0.15, 0.2) is 0 Å². The van der Waals surface area contributed by atoms with Gasteiger partial charge in [-0.25, -0.2) is 0 Å². The molecule has 0 unspecified atom stereocenters. The highest BCUT2D eigenvalue weighted by Gasteiger charge is 2.39. The van der Waals surface area contributed by atoms with Gasteiger partial charge in [0, 0.05) is 6.54 Å². The summed E-state index contributed by atoms with van der Waals surface area (Å²) in [5.41, 5.74) is 4.94. The third-order valence-corrected chi connectivity index (χ3v) is 4.05. The molecule has 1 saturated carbocycles. The molecule has 0 bridgehead atoms. The number of hydrogen-bond acceptors (Lipinski definition) is 3. The topological polar surface area (TPSA) is 92.4 Å². The van der Waals surface area contributed by atoms with Crippen molar-refractivity contribution in [1.29, 1.82) is 0 Å². The summed E-state index contributed by atoms with van der Waals surface area (Å²) < 4.78 is 0. The van der Waals surface area contributed by atoms with Crippen molar-refractivity contribution < 1.29 is 14.7 Å². The Bertz CT molecular complexity index is 310. The van der Waals surface area contributed by atoms with Gasteiger partial charge in [-0.1, -0.05) is 39.0 Å². The van der Waals surface area contributed by atoms with E-state index < -0.39 is 17.4 Å². The molecule has 19 heavy (non-hydrogen) atoms. The van der Waals surface area contributed by atoms with Crippen LogP contribution in [0.2, 0.25) is 0 Å². The zero-order chi connectivity index (χ0) is 14.3. The highest BCUT2D eigenvalue weighted by atomic mass is 16.4. The van der Waals surface area contributed by atoms with Crippen LogP contribution in [-0.4, -0.2) is 29.6 Å². The average Bonchev–Trinajstić information content (AvgIpc) is 2.62. The Kier molecular flexibility index (Phi) is 6.28. The van der Waals surface area contributed by atoms with Crippen LogP contribution in [0.25, 0.3) is 0 Å². The number of carboxylic acid groups (broad SMARTS) is 1. The Morgan fingerprint density at radius 1 is 1.26 bits per heavy atom. The number of rotatable bonds is 6. The number of carbonyl (C=O) groups excluding carboxylic acids is 1. The van der Waals surface area contributed by atoms with Crippen LogP contribution >= 0.6 is 0 Å². The number of nitrogens with one attached hydrogen (secondary N) is 1. The molecule has 1 amide bonds. The second kappa shape index (κ2) is 7.48. The summed E-state index contributed by atoms with van der Waals surface area (Å²) in [5, 5.41) is 12.2. The molecule has 1 aliphatic rings. The van der Waals surface area contributed by atoms with E-state index in [2.05, 4.69) is 5.32 Å². The minimum atomic E-state index is -0.794. The second-order valence-electron chi connectivity index (χ2n) is 5.61. The number of carbonyl (C=O) groups is 2. The minimum absolute atomic E-state index is 0.207. The summed E-state index contributed by atoms with van der Waals surface area (Å²) >= 11 is 0. The molecule has 0 radical (unpaired) electrons. The van der Waals surface area contributed by atoms with Crippen LogP contribution < -0.4 is 11.1 Å². The largest absolute Gasteiger partial charge is 0.481 e. The lowest BCUT2D eigenvalue weighted by atomic mass is 9.80. The first-order valence-electron chi connectivity index (χ1n) is 7.28. The second-order valence-corrected chi connectivity index (χ2v) is 5.61. The van der Waals surface area contributed by atoms with Crippen LogP contribution in [0.4, 0.5) is 0 Å². The third-order valence-electron chi connectivity index (χ3n) is 4.05. The Balaban J connectivity index is 2.58. The molecule has 0 aromatic carbocycles. The van der Waals surface area contributed by atoms with Crippen molar-refractivity contribution in [1.82, 2.24) is 5.32 Å². The van der Waals surface area contributed by atoms with E-state index in [0.29, 0.717) is 19.3 Å². The highest BCUT2D eigenvalue weighted by Crippen LogP contribution is 2.34. The van der Waals surface area contributed by atoms with Crippen molar-refractivity contribution in [2.75, 3.05) is 6.54 Å². The molecule has 5 heteroatoms. The molecule has 1 aliphatic carbocycles. The molecule has 0 spiro atoms. The van der Waals surface area contributed by atoms with Crippen LogP contribution in [0, 0.1) is 5.41 Å². The van der Waals surface area contributed by atoms with Crippen molar-refractivity contribution in [3.63, 3.8) is 0 Å². The summed E-state index contributed by atoms with van der Waals surface area (Å²) in [6.45, 7) is 2.18. The Hall–Kier alpha value is -1.10. The lowest BCUT2D eigenvalue weighted by Gasteiger charge is -2.28. The van der Waals surface area contributed by atoms with Crippen molar-refractivity contribution in [3.05, 3.63) is 0 Å². The molecule has 1 rings (SSSR count). The number of aliphatic carboxylic acids is 1. The molecule has 0 aromatic rings. The van der Waals surface area contributed by atoms with Crippen molar-refractivity contribution in [2.45, 2.75) is 64.3 Å². The van der Waals surface area contributed by atoms with Crippen LogP contribution in [0.5, 0.6) is 0 Å². The molecular formula is C14H26N2O3. The third kappa shape index (κ3) is 4.49. The fourth-order valence-electron chi connectivity index (χ4n) is 2.70. The number of nitrogens with two attached hydrogens (primary N) is 1. The summed E-state index contributed by atoms with van der Waals surface area (Å²) in [4.78, 5) is 23.4. The fraction of sp³-hybridized carbons (Fsp3) is 0.857. The SMILES string of the molecule is CCC[C@H](N)C(=O)NCC1(C(=O)O)CCCCCC1. The van der Waals surface area contributed by atoms with Gasteiger partial charge in [0.2, 0.25) is 5.91 Å². The zero-order valence-corrected chi connectivity index (χ0v) is 11.8. The first-order valence-corrected chi connectivity index (χ1v) is 7.28. The maximum atomic E-state index is 11.8. The van der Waals surface area contributed by atoms with Crippen molar-refractivity contribution in [3.8, 4) is 0 Å². The van der Waals surface area contributed by atoms with Crippen LogP contribution in [0.1, 0.15) is 58.3 Å². The fourth-order valence-corrected chi connectivity index (χ4v) is 2.70. The molecule has 1 atom stereocenters. The van der Waals surface area contributed by atoms with E-state index in [1.54, 1.807) is 0 Å². The molecule has 110 valence electrons. The van der Waals surface area contributed by atoms with Gasteiger partial charge in [0.25, 0.3) is 0 Å². The predicted molar refractivity (Wildman–Crippen MR) is 73.7 cm³/mol. The molecule has 4 N–H and O–H groups in total. The summed E-state index contributed by atoms with van der Waals surface area (Å²) in [6.07, 6.45) is 6.77. The summed E-state index contributed by atoms with van der Waals surface area (Å²) in [7, 11) is 0. The molecule has 0 saturated heterocycles. The van der Waals surface area contributed by atoms with Crippen molar-refractivity contribution >= 4 is 11.9 Å². The standard InChI is InChI=1S/C14H26N2O3/c1-2-7-11(15)12(17)16-10-14(13(18)19)8-5-3-4-6-9-14/h11H,2-10,15H2,1H3,(H,16,17)(H,18,19)/t11-/m0/s1. The van der Waals surface area contributed by atoms with Crippen LogP contribution in [-0.2, 0) is 9.59 Å². The van der Waals surface area contributed by atoms with Crippen LogP contribution in [0.3, 0.4) is 0 Å². The molecule has 0 aromatic heterocycles. The van der Waals surface area contributed by atoms with E-state index in [4.69, 9.17) is 5.73 Å². The monoisotopic (exact) mass is 270 g/mol. The lowest BCUT2D eigenvalue weighted by Crippen LogP contribution is -2.48. The van der Waals surface area contributed by atoms with Gasteiger partial charge in [0.05, 0.1) is 11.5 Å². The maximum Gasteiger partial charge on any atom is 0.311 e. The van der Waals surface area contributed by atoms with Gasteiger partial charge >= 0.3 is 5.97 Å². The first-order chi connectivity index (χ1) is 9.02. The van der Waals surface area contributed by atoms with Gasteiger partial charge < -0.3 is 16.2 Å². The summed E-state index contributed by atoms with van der Waals surface area (Å²) in [6, 6.07) is -0.526. The van der Waals surface area contributed by atoms with Gasteiger partial charge in [-0.2, -0.15) is 0 Å². The van der Waals surface area contributed by atoms with Gasteiger partial charge in [0.15, 0.2) is 0 Å². The van der Waals surface area contributed by atoms with E-state index >= 15 is 0 Å². The van der Waals surface area contributed by atoms with Gasteiger partial charge in [-0.15, -0.1) is 0 Å². The minimum Gasteiger partial charge on any atom is -0.481 e. The van der Waals surface area contributed by atoms with Gasteiger partial charge in [-0.3, -0.25) is 9.59 Å². The summed E-state index contributed by atoms with van der Waals surface area (Å²) in [5.74, 6) is -1.02. The van der Waals surface area contributed by atoms with E-state index in [1.807, 2.05) is 6.92 Å². The first kappa shape index (κ1) is 16.0. The van der Waals surface area contributed by atoms with E-state index in [9.17, 15) is 14.7 Å². The number of carboxylic acids is 1. The number of hydrogen-bond donors (Lipinski definition) is 3. The molecular weight excluding hydrogens is 244 g/mol. The number of amides is 1. The van der Waals surface area contributed by atoms with E-state index in [1.165, 1.54) is 0 Å². The average molecular weight is 270 g/mol. The molecule has 0 aliphatic heterocycles. The quantitative estimate of drug-likeness (QED) is 0.640. The zero-order valence-electron chi connectivity index (χ0n) is 11.8. The van der Waals surface area contributed by atoms with Gasteiger partial charge in [-0.05, 0) is 19.3 Å². The Morgan fingerprint density at radius 3 is 2.32 bits per heavy atom. The molecule has 1 fully saturated rings. The van der Waals surface area contributed by atoms with Gasteiger partial charge in [0.1, 0.15) is 0 Å². The maximum absolute atomic E-state index is 11.8. The Labute approximate surface area is 114 Å². The molecule has 0 heterocycles. The lowest BCUT2D eigenvalue weighted by molar-refractivity contribution is -0.149. The smallest absolute Gasteiger partial charge is 0.311 e. The highest BCUT2D eigenvalue weighted by molar-refractivity contribution is 5.82. The van der Waals surface area contributed by atoms with E-state index in [0.717, 1.165) is 32.1 Å². The van der Waals surface area contributed by atoms with E-state index in [-0.39, 0.29) is 12.5 Å². The molecule has 5 nitrogen and oxygen atoms in total.